The number of aromatic nitrogens is 4. The Bertz CT molecular complexity index is 1070. The number of aliphatic hydroxyl groups excluding tert-OH is 1. The van der Waals surface area contributed by atoms with Crippen LogP contribution < -0.4 is 10.2 Å². The summed E-state index contributed by atoms with van der Waals surface area (Å²) in [6.45, 7) is 3.82. The zero-order valence-electron chi connectivity index (χ0n) is 18.1. The first-order valence-electron chi connectivity index (χ1n) is 10.6. The molecule has 2 aromatic heterocycles. The first kappa shape index (κ1) is 24.2. The minimum Gasteiger partial charge on any atom is -0.382 e. The van der Waals surface area contributed by atoms with Crippen LogP contribution in [0.15, 0.2) is 6.07 Å². The molecular formula is C20H22F6N6O2. The summed E-state index contributed by atoms with van der Waals surface area (Å²) in [6, 6.07) is 0.871. The van der Waals surface area contributed by atoms with E-state index in [4.69, 9.17) is 0 Å². The maximum absolute atomic E-state index is 13.7. The lowest BCUT2D eigenvalue weighted by Crippen LogP contribution is -2.44. The Balaban J connectivity index is 1.59. The van der Waals surface area contributed by atoms with Gasteiger partial charge >= 0.3 is 12.4 Å². The van der Waals surface area contributed by atoms with Crippen LogP contribution in [-0.4, -0.2) is 56.5 Å². The number of aromatic amines is 1. The summed E-state index contributed by atoms with van der Waals surface area (Å²) in [5, 5.41) is 18.5. The average molecular weight is 492 g/mol. The topological polar surface area (TPSA) is 107 Å². The molecule has 34 heavy (non-hydrogen) atoms. The van der Waals surface area contributed by atoms with Crippen LogP contribution in [0.25, 0.3) is 0 Å². The second kappa shape index (κ2) is 8.40. The molecule has 1 amide bonds. The van der Waals surface area contributed by atoms with E-state index >= 15 is 0 Å². The van der Waals surface area contributed by atoms with E-state index in [0.717, 1.165) is 6.07 Å². The van der Waals surface area contributed by atoms with E-state index in [1.165, 1.54) is 0 Å². The highest BCUT2D eigenvalue weighted by atomic mass is 19.4. The Labute approximate surface area is 189 Å². The van der Waals surface area contributed by atoms with Crippen molar-refractivity contribution in [3.8, 4) is 0 Å². The molecule has 2 aliphatic rings. The number of hydrogen-bond acceptors (Lipinski definition) is 6. The van der Waals surface area contributed by atoms with Gasteiger partial charge in [-0.25, -0.2) is 9.97 Å². The highest BCUT2D eigenvalue weighted by Crippen LogP contribution is 2.47. The summed E-state index contributed by atoms with van der Waals surface area (Å²) in [6.07, 6.45) is -11.2. The summed E-state index contributed by atoms with van der Waals surface area (Å²) < 4.78 is 81.0. The molecule has 0 radical (unpaired) electrons. The van der Waals surface area contributed by atoms with E-state index in [-0.39, 0.29) is 47.7 Å². The Morgan fingerprint density at radius 1 is 1.12 bits per heavy atom. The van der Waals surface area contributed by atoms with E-state index < -0.39 is 41.9 Å². The SMILES string of the molecule is CC(C)c1nc(N2CCC(c3[nH]nc4c3[C@@H](C(F)(F)F)[C@@H](O)C(=O)N4)CC2)cc(C(F)(F)F)n1. The second-order valence-electron chi connectivity index (χ2n) is 8.74. The molecule has 0 aromatic carbocycles. The number of nitrogens with one attached hydrogen (secondary N) is 2. The number of fused-ring (bicyclic) bond motifs is 1. The fourth-order valence-corrected chi connectivity index (χ4v) is 4.34. The van der Waals surface area contributed by atoms with Gasteiger partial charge < -0.3 is 15.3 Å². The quantitative estimate of drug-likeness (QED) is 0.565. The number of nitrogens with zero attached hydrogens (tertiary/aromatic N) is 4. The van der Waals surface area contributed by atoms with E-state index in [2.05, 4.69) is 25.5 Å². The van der Waals surface area contributed by atoms with Crippen molar-refractivity contribution in [3.63, 3.8) is 0 Å². The van der Waals surface area contributed by atoms with Crippen LogP contribution in [0.1, 0.15) is 67.2 Å². The van der Waals surface area contributed by atoms with Crippen LogP contribution in [0.4, 0.5) is 38.0 Å². The van der Waals surface area contributed by atoms with Crippen LogP contribution >= 0.6 is 0 Å². The van der Waals surface area contributed by atoms with Crippen LogP contribution in [0.5, 0.6) is 0 Å². The number of H-pyrrole nitrogens is 1. The van der Waals surface area contributed by atoms with Crippen molar-refractivity contribution in [2.24, 2.45) is 0 Å². The van der Waals surface area contributed by atoms with Crippen molar-refractivity contribution in [1.29, 1.82) is 0 Å². The van der Waals surface area contributed by atoms with E-state index in [1.807, 2.05) is 0 Å². The predicted molar refractivity (Wildman–Crippen MR) is 107 cm³/mol. The molecule has 3 N–H and O–H groups in total. The van der Waals surface area contributed by atoms with Gasteiger partial charge in [-0.15, -0.1) is 0 Å². The number of hydrogen-bond donors (Lipinski definition) is 3. The molecule has 8 nitrogen and oxygen atoms in total. The smallest absolute Gasteiger partial charge is 0.382 e. The molecule has 0 spiro atoms. The van der Waals surface area contributed by atoms with E-state index in [0.29, 0.717) is 12.8 Å². The predicted octanol–water partition coefficient (Wildman–Crippen LogP) is 3.68. The van der Waals surface area contributed by atoms with Gasteiger partial charge in [-0.2, -0.15) is 31.4 Å². The number of anilines is 2. The number of aliphatic hydroxyl groups is 1. The Hall–Kier alpha value is -2.90. The summed E-state index contributed by atoms with van der Waals surface area (Å²) in [5.41, 5.74) is -1.21. The number of carbonyl (C=O) groups excluding carboxylic acids is 1. The van der Waals surface area contributed by atoms with Crippen molar-refractivity contribution in [2.75, 3.05) is 23.3 Å². The lowest BCUT2D eigenvalue weighted by Gasteiger charge is -2.35. The van der Waals surface area contributed by atoms with Crippen molar-refractivity contribution in [2.45, 2.75) is 62.9 Å². The van der Waals surface area contributed by atoms with Gasteiger partial charge in [0.05, 0.1) is 0 Å². The third-order valence-corrected chi connectivity index (χ3v) is 6.09. The fourth-order valence-electron chi connectivity index (χ4n) is 4.34. The fraction of sp³-hybridized carbons (Fsp3) is 0.600. The van der Waals surface area contributed by atoms with Gasteiger partial charge in [-0.1, -0.05) is 13.8 Å². The van der Waals surface area contributed by atoms with Gasteiger partial charge in [0.2, 0.25) is 0 Å². The number of alkyl halides is 6. The van der Waals surface area contributed by atoms with Crippen molar-refractivity contribution in [3.05, 3.63) is 28.8 Å². The number of piperidine rings is 1. The normalized spacial score (nSPS) is 22.2. The summed E-state index contributed by atoms with van der Waals surface area (Å²) >= 11 is 0. The third-order valence-electron chi connectivity index (χ3n) is 6.09. The van der Waals surface area contributed by atoms with E-state index in [1.54, 1.807) is 18.7 Å². The van der Waals surface area contributed by atoms with Gasteiger partial charge in [-0.3, -0.25) is 9.89 Å². The molecule has 2 aromatic rings. The maximum Gasteiger partial charge on any atom is 0.433 e. The number of rotatable bonds is 3. The average Bonchev–Trinajstić information content (AvgIpc) is 3.15. The minimum atomic E-state index is -4.88. The Kier molecular flexibility index (Phi) is 5.98. The number of carbonyl (C=O) groups is 1. The van der Waals surface area contributed by atoms with Crippen LogP contribution in [0, 0.1) is 0 Å². The molecular weight excluding hydrogens is 470 g/mol. The van der Waals surface area contributed by atoms with Crippen LogP contribution in [-0.2, 0) is 11.0 Å². The molecule has 186 valence electrons. The minimum absolute atomic E-state index is 0.0485. The van der Waals surface area contributed by atoms with Gasteiger partial charge in [-0.05, 0) is 12.8 Å². The Morgan fingerprint density at radius 2 is 1.76 bits per heavy atom. The maximum atomic E-state index is 13.7. The molecule has 0 aliphatic carbocycles. The molecule has 14 heteroatoms. The molecule has 1 saturated heterocycles. The van der Waals surface area contributed by atoms with E-state index in [9.17, 15) is 36.2 Å². The highest BCUT2D eigenvalue weighted by molar-refractivity contribution is 5.97. The first-order valence-corrected chi connectivity index (χ1v) is 10.6. The standard InChI is InChI=1S/C20H22F6N6O2/c1-8(2)16-27-10(19(21,22)23)7-11(28-16)32-5-3-9(4-6-32)14-12-13(20(24,25)26)15(33)18(34)29-17(12)31-30-14/h7-9,13,15,33H,3-6H2,1-2H3,(H2,29,30,31,34)/t13-,15-/m1/s1. The van der Waals surface area contributed by atoms with Crippen LogP contribution in [0.2, 0.25) is 0 Å². The summed E-state index contributed by atoms with van der Waals surface area (Å²) in [7, 11) is 0. The molecule has 4 rings (SSSR count). The summed E-state index contributed by atoms with van der Waals surface area (Å²) in [4.78, 5) is 21.3. The second-order valence-corrected chi connectivity index (χ2v) is 8.74. The molecule has 0 unspecified atom stereocenters. The van der Waals surface area contributed by atoms with Crippen LogP contribution in [0.3, 0.4) is 0 Å². The first-order chi connectivity index (χ1) is 15.8. The van der Waals surface area contributed by atoms with Crippen molar-refractivity contribution < 1.29 is 36.2 Å². The monoisotopic (exact) mass is 492 g/mol. The largest absolute Gasteiger partial charge is 0.433 e. The lowest BCUT2D eigenvalue weighted by atomic mass is 9.83. The van der Waals surface area contributed by atoms with Gasteiger partial charge in [0.1, 0.15) is 29.4 Å². The molecule has 0 bridgehead atoms. The third kappa shape index (κ3) is 4.42. The molecule has 0 saturated carbocycles. The zero-order valence-corrected chi connectivity index (χ0v) is 18.1. The highest BCUT2D eigenvalue weighted by Gasteiger charge is 2.54. The molecule has 2 aliphatic heterocycles. The molecule has 4 heterocycles. The molecule has 1 fully saturated rings. The summed E-state index contributed by atoms with van der Waals surface area (Å²) in [5.74, 6) is -4.51. The zero-order chi connectivity index (χ0) is 25.0. The van der Waals surface area contributed by atoms with Gasteiger partial charge in [0.25, 0.3) is 5.91 Å². The number of halogens is 6. The van der Waals surface area contributed by atoms with Gasteiger partial charge in [0.15, 0.2) is 5.82 Å². The Morgan fingerprint density at radius 3 is 2.32 bits per heavy atom. The molecule has 2 atom stereocenters. The lowest BCUT2D eigenvalue weighted by molar-refractivity contribution is -0.177. The van der Waals surface area contributed by atoms with Crippen molar-refractivity contribution in [1.82, 2.24) is 20.2 Å². The van der Waals surface area contributed by atoms with Gasteiger partial charge in [0, 0.05) is 42.2 Å². The van der Waals surface area contributed by atoms with Crippen molar-refractivity contribution >= 4 is 17.5 Å². The number of amides is 1.